The van der Waals surface area contributed by atoms with Crippen molar-refractivity contribution in [1.82, 2.24) is 19.2 Å². The van der Waals surface area contributed by atoms with Gasteiger partial charge in [-0.05, 0) is 50.2 Å². The van der Waals surface area contributed by atoms with Gasteiger partial charge in [-0.25, -0.2) is 0 Å². The lowest BCUT2D eigenvalue weighted by molar-refractivity contribution is -0.137. The molecule has 3 aromatic heterocycles. The zero-order chi connectivity index (χ0) is 22.3. The molecule has 1 aromatic carbocycles. The molecule has 0 atom stereocenters. The third-order valence-corrected chi connectivity index (χ3v) is 6.13. The van der Waals surface area contributed by atoms with Gasteiger partial charge in [0.2, 0.25) is 0 Å². The molecule has 5 nitrogen and oxygen atoms in total. The highest BCUT2D eigenvalue weighted by Gasteiger charge is 2.33. The number of fused-ring (bicyclic) bond motifs is 1. The van der Waals surface area contributed by atoms with E-state index >= 15 is 0 Å². The highest BCUT2D eigenvalue weighted by molar-refractivity contribution is 7.99. The van der Waals surface area contributed by atoms with Crippen molar-refractivity contribution in [3.05, 3.63) is 76.2 Å². The Hall–Kier alpha value is -2.78. The fourth-order valence-corrected chi connectivity index (χ4v) is 4.47. The Balaban J connectivity index is 1.62. The summed E-state index contributed by atoms with van der Waals surface area (Å²) in [6.07, 6.45) is -2.76. The fourth-order valence-electron chi connectivity index (χ4n) is 3.44. The molecule has 4 aromatic rings. The zero-order valence-corrected chi connectivity index (χ0v) is 18.0. The van der Waals surface area contributed by atoms with Gasteiger partial charge in [0.05, 0.1) is 16.3 Å². The second kappa shape index (κ2) is 8.05. The number of thioether (sulfide) groups is 1. The van der Waals surface area contributed by atoms with E-state index in [1.165, 1.54) is 23.9 Å². The number of aryl methyl sites for hydroxylation is 1. The number of Topliss-reactive ketones (excluding diaryl/α,β-unsaturated/α-hetero) is 1. The lowest BCUT2D eigenvalue weighted by Gasteiger charge is -2.14. The van der Waals surface area contributed by atoms with Crippen molar-refractivity contribution in [2.75, 3.05) is 5.75 Å². The highest BCUT2D eigenvalue weighted by atomic mass is 35.5. The third-order valence-electron chi connectivity index (χ3n) is 4.86. The van der Waals surface area contributed by atoms with Crippen LogP contribution in [-0.4, -0.2) is 30.7 Å². The summed E-state index contributed by atoms with van der Waals surface area (Å²) in [4.78, 5) is 12.9. The van der Waals surface area contributed by atoms with Gasteiger partial charge in [-0.1, -0.05) is 29.4 Å². The Morgan fingerprint density at radius 2 is 1.90 bits per heavy atom. The lowest BCUT2D eigenvalue weighted by atomic mass is 10.1. The standard InChI is InChI=1S/C21H16ClF3N4OS/c1-12-9-15(18(30)11-31-20-27-26-19-5-3-4-8-28(19)20)13(2)29(12)14-6-7-17(22)16(10-14)21(23,24)25/h3-10H,11H2,1-2H3. The van der Waals surface area contributed by atoms with Crippen LogP contribution in [0.5, 0.6) is 0 Å². The summed E-state index contributed by atoms with van der Waals surface area (Å²) in [5, 5.41) is 8.37. The summed E-state index contributed by atoms with van der Waals surface area (Å²) in [6.45, 7) is 3.45. The van der Waals surface area contributed by atoms with Crippen LogP contribution in [0.25, 0.3) is 11.3 Å². The Morgan fingerprint density at radius 1 is 1.13 bits per heavy atom. The maximum atomic E-state index is 13.3. The molecule has 0 aliphatic rings. The predicted octanol–water partition coefficient (Wildman–Crippen LogP) is 5.78. The number of benzene rings is 1. The summed E-state index contributed by atoms with van der Waals surface area (Å²) >= 11 is 6.99. The topological polar surface area (TPSA) is 52.2 Å². The van der Waals surface area contributed by atoms with E-state index < -0.39 is 11.7 Å². The number of pyridine rings is 1. The molecule has 0 radical (unpaired) electrons. The van der Waals surface area contributed by atoms with Gasteiger partial charge in [0.15, 0.2) is 16.6 Å². The van der Waals surface area contributed by atoms with E-state index in [9.17, 15) is 18.0 Å². The van der Waals surface area contributed by atoms with Crippen LogP contribution in [0.15, 0.2) is 53.8 Å². The van der Waals surface area contributed by atoms with E-state index in [-0.39, 0.29) is 16.6 Å². The van der Waals surface area contributed by atoms with Crippen LogP contribution in [-0.2, 0) is 6.18 Å². The smallest absolute Gasteiger partial charge is 0.318 e. The van der Waals surface area contributed by atoms with Gasteiger partial charge in [-0.3, -0.25) is 9.20 Å². The molecule has 0 amide bonds. The molecule has 0 unspecified atom stereocenters. The summed E-state index contributed by atoms with van der Waals surface area (Å²) < 4.78 is 43.2. The van der Waals surface area contributed by atoms with Crippen LogP contribution >= 0.6 is 23.4 Å². The molecular formula is C21H16ClF3N4OS. The number of rotatable bonds is 5. The van der Waals surface area contributed by atoms with E-state index in [1.54, 1.807) is 28.9 Å². The summed E-state index contributed by atoms with van der Waals surface area (Å²) in [7, 11) is 0. The first kappa shape index (κ1) is 21.5. The van der Waals surface area contributed by atoms with Gasteiger partial charge in [0, 0.05) is 28.8 Å². The SMILES string of the molecule is Cc1cc(C(=O)CSc2nnc3ccccn23)c(C)n1-c1ccc(Cl)c(C(F)(F)F)c1. The van der Waals surface area contributed by atoms with Gasteiger partial charge in [-0.15, -0.1) is 10.2 Å². The summed E-state index contributed by atoms with van der Waals surface area (Å²) in [5.41, 5.74) is 1.71. The van der Waals surface area contributed by atoms with Crippen molar-refractivity contribution in [3.8, 4) is 5.69 Å². The number of hydrogen-bond donors (Lipinski definition) is 0. The minimum absolute atomic E-state index is 0.119. The molecule has 0 saturated heterocycles. The monoisotopic (exact) mass is 464 g/mol. The van der Waals surface area contributed by atoms with Crippen LogP contribution in [0.2, 0.25) is 5.02 Å². The largest absolute Gasteiger partial charge is 0.417 e. The number of alkyl halides is 3. The van der Waals surface area contributed by atoms with Crippen LogP contribution in [0.1, 0.15) is 27.3 Å². The number of carbonyl (C=O) groups is 1. The number of carbonyl (C=O) groups excluding carboxylic acids is 1. The molecule has 4 rings (SSSR count). The third kappa shape index (κ3) is 4.07. The van der Waals surface area contributed by atoms with E-state index in [4.69, 9.17) is 11.6 Å². The van der Waals surface area contributed by atoms with Crippen molar-refractivity contribution in [2.45, 2.75) is 25.2 Å². The van der Waals surface area contributed by atoms with Crippen LogP contribution < -0.4 is 0 Å². The van der Waals surface area contributed by atoms with Gasteiger partial charge < -0.3 is 4.57 Å². The minimum atomic E-state index is -4.57. The molecule has 0 aliphatic heterocycles. The van der Waals surface area contributed by atoms with Crippen molar-refractivity contribution in [3.63, 3.8) is 0 Å². The predicted molar refractivity (Wildman–Crippen MR) is 113 cm³/mol. The van der Waals surface area contributed by atoms with E-state index in [0.717, 1.165) is 6.07 Å². The first-order chi connectivity index (χ1) is 14.7. The first-order valence-corrected chi connectivity index (χ1v) is 10.5. The summed E-state index contributed by atoms with van der Waals surface area (Å²) in [5.74, 6) is -0.0314. The van der Waals surface area contributed by atoms with Gasteiger partial charge in [0.1, 0.15) is 0 Å². The van der Waals surface area contributed by atoms with Gasteiger partial charge in [-0.2, -0.15) is 13.2 Å². The Morgan fingerprint density at radius 3 is 2.65 bits per heavy atom. The summed E-state index contributed by atoms with van der Waals surface area (Å²) in [6, 6.07) is 10.9. The van der Waals surface area contributed by atoms with E-state index in [2.05, 4.69) is 10.2 Å². The van der Waals surface area contributed by atoms with E-state index in [0.29, 0.717) is 33.4 Å². The second-order valence-corrected chi connectivity index (χ2v) is 8.26. The number of hydrogen-bond acceptors (Lipinski definition) is 4. The number of halogens is 4. The average Bonchev–Trinajstić information content (AvgIpc) is 3.26. The number of ketones is 1. The molecule has 0 N–H and O–H groups in total. The van der Waals surface area contributed by atoms with Crippen LogP contribution in [0, 0.1) is 13.8 Å². The van der Waals surface area contributed by atoms with Crippen molar-refractivity contribution in [1.29, 1.82) is 0 Å². The Kier molecular flexibility index (Phi) is 5.57. The molecular weight excluding hydrogens is 449 g/mol. The molecule has 0 bridgehead atoms. The van der Waals surface area contributed by atoms with Crippen LogP contribution in [0.3, 0.4) is 0 Å². The minimum Gasteiger partial charge on any atom is -0.318 e. The molecule has 0 fully saturated rings. The maximum Gasteiger partial charge on any atom is 0.417 e. The highest BCUT2D eigenvalue weighted by Crippen LogP contribution is 2.36. The molecule has 31 heavy (non-hydrogen) atoms. The second-order valence-electron chi connectivity index (χ2n) is 6.91. The van der Waals surface area contributed by atoms with Crippen molar-refractivity contribution < 1.29 is 18.0 Å². The van der Waals surface area contributed by atoms with Crippen molar-refractivity contribution in [2.24, 2.45) is 0 Å². The molecule has 0 saturated carbocycles. The number of nitrogens with zero attached hydrogens (tertiary/aromatic N) is 4. The molecule has 3 heterocycles. The number of aromatic nitrogens is 4. The molecule has 0 aliphatic carbocycles. The molecule has 10 heteroatoms. The van der Waals surface area contributed by atoms with E-state index in [1.807, 2.05) is 24.4 Å². The maximum absolute atomic E-state index is 13.3. The fraction of sp³-hybridized carbons (Fsp3) is 0.190. The van der Waals surface area contributed by atoms with Crippen molar-refractivity contribution >= 4 is 34.8 Å². The van der Waals surface area contributed by atoms with Gasteiger partial charge in [0.25, 0.3) is 0 Å². The van der Waals surface area contributed by atoms with Gasteiger partial charge >= 0.3 is 6.18 Å². The molecule has 0 spiro atoms. The Labute approximate surface area is 184 Å². The molecule has 160 valence electrons. The zero-order valence-electron chi connectivity index (χ0n) is 16.4. The average molecular weight is 465 g/mol. The first-order valence-electron chi connectivity index (χ1n) is 9.18. The Bertz CT molecular complexity index is 1300. The van der Waals surface area contributed by atoms with Crippen LogP contribution in [0.4, 0.5) is 13.2 Å². The normalized spacial score (nSPS) is 11.9. The quantitative estimate of drug-likeness (QED) is 0.277. The lowest BCUT2D eigenvalue weighted by Crippen LogP contribution is -2.09.